The summed E-state index contributed by atoms with van der Waals surface area (Å²) in [4.78, 5) is 0. The van der Waals surface area contributed by atoms with Gasteiger partial charge in [-0.05, 0) is 49.7 Å². The molecule has 1 aliphatic rings. The van der Waals surface area contributed by atoms with Crippen molar-refractivity contribution in [1.29, 1.82) is 0 Å². The highest BCUT2D eigenvalue weighted by Gasteiger charge is 2.19. The lowest BCUT2D eigenvalue weighted by atomic mass is 9.81. The second-order valence-corrected chi connectivity index (χ2v) is 4.68. The Balaban J connectivity index is 2.35. The van der Waals surface area contributed by atoms with Crippen LogP contribution < -0.4 is 11.2 Å². The van der Waals surface area contributed by atoms with Crippen molar-refractivity contribution in [1.82, 2.24) is 5.43 Å². The molecular weight excluding hydrogens is 194 g/mol. The average Bonchev–Trinajstić information content (AvgIpc) is 2.15. The van der Waals surface area contributed by atoms with E-state index in [0.29, 0.717) is 0 Å². The maximum atomic E-state index is 5.30. The molecule has 3 nitrogen and oxygen atoms in total. The van der Waals surface area contributed by atoms with Gasteiger partial charge < -0.3 is 5.73 Å². The van der Waals surface area contributed by atoms with Gasteiger partial charge in [0, 0.05) is 5.71 Å². The molecule has 0 amide bonds. The van der Waals surface area contributed by atoms with Crippen LogP contribution in [0.1, 0.15) is 39.5 Å². The van der Waals surface area contributed by atoms with Gasteiger partial charge in [0.1, 0.15) is 0 Å². The van der Waals surface area contributed by atoms with Gasteiger partial charge in [-0.1, -0.05) is 13.8 Å². The van der Waals surface area contributed by atoms with Crippen LogP contribution in [0.5, 0.6) is 0 Å². The van der Waals surface area contributed by atoms with E-state index in [-0.39, 0.29) is 5.11 Å². The van der Waals surface area contributed by atoms with E-state index in [4.69, 9.17) is 5.73 Å². The van der Waals surface area contributed by atoms with Crippen LogP contribution in [0.4, 0.5) is 0 Å². The molecule has 0 saturated heterocycles. The average molecular weight is 213 g/mol. The molecule has 14 heavy (non-hydrogen) atoms. The van der Waals surface area contributed by atoms with E-state index in [2.05, 4.69) is 36.6 Å². The van der Waals surface area contributed by atoms with Crippen LogP contribution in [-0.4, -0.2) is 10.8 Å². The minimum Gasteiger partial charge on any atom is -0.375 e. The van der Waals surface area contributed by atoms with Crippen LogP contribution >= 0.6 is 12.2 Å². The van der Waals surface area contributed by atoms with Crippen LogP contribution in [0.25, 0.3) is 0 Å². The minimum atomic E-state index is 0.253. The lowest BCUT2D eigenvalue weighted by Crippen LogP contribution is -2.27. The van der Waals surface area contributed by atoms with Crippen LogP contribution in [0.3, 0.4) is 0 Å². The summed E-state index contributed by atoms with van der Waals surface area (Å²) in [6.45, 7) is 4.58. The summed E-state index contributed by atoms with van der Waals surface area (Å²) < 4.78 is 0. The Morgan fingerprint density at radius 3 is 2.50 bits per heavy atom. The molecule has 0 aromatic carbocycles. The zero-order valence-corrected chi connectivity index (χ0v) is 9.73. The molecule has 0 bridgehead atoms. The van der Waals surface area contributed by atoms with Crippen LogP contribution in [0.2, 0.25) is 0 Å². The van der Waals surface area contributed by atoms with E-state index in [1.807, 2.05) is 0 Å². The first-order valence-corrected chi connectivity index (χ1v) is 5.61. The fraction of sp³-hybridized carbons (Fsp3) is 0.800. The third-order valence-electron chi connectivity index (χ3n) is 2.87. The van der Waals surface area contributed by atoms with Crippen molar-refractivity contribution in [2.75, 3.05) is 0 Å². The topological polar surface area (TPSA) is 50.4 Å². The Morgan fingerprint density at radius 1 is 1.50 bits per heavy atom. The lowest BCUT2D eigenvalue weighted by molar-refractivity contribution is 0.331. The largest absolute Gasteiger partial charge is 0.375 e. The summed E-state index contributed by atoms with van der Waals surface area (Å²) >= 11 is 4.69. The van der Waals surface area contributed by atoms with Crippen LogP contribution in [-0.2, 0) is 0 Å². The molecule has 80 valence electrons. The predicted octanol–water partition coefficient (Wildman–Crippen LogP) is 2.02. The van der Waals surface area contributed by atoms with Crippen molar-refractivity contribution in [3.05, 3.63) is 0 Å². The summed E-state index contributed by atoms with van der Waals surface area (Å²) in [6.07, 6.45) is 4.65. The zero-order chi connectivity index (χ0) is 10.6. The van der Waals surface area contributed by atoms with Gasteiger partial charge >= 0.3 is 0 Å². The first-order chi connectivity index (χ1) is 6.59. The fourth-order valence-electron chi connectivity index (χ4n) is 1.89. The van der Waals surface area contributed by atoms with Gasteiger partial charge in [-0.3, -0.25) is 5.43 Å². The zero-order valence-electron chi connectivity index (χ0n) is 8.92. The Morgan fingerprint density at radius 2 is 2.07 bits per heavy atom. The van der Waals surface area contributed by atoms with Crippen molar-refractivity contribution in [3.8, 4) is 0 Å². The van der Waals surface area contributed by atoms with Crippen LogP contribution in [0, 0.1) is 11.8 Å². The SMILES string of the molecule is CC(C)C1CCC(=NNC(N)=S)CC1. The molecular formula is C10H19N3S. The molecule has 0 atom stereocenters. The normalized spacial score (nSPS) is 22.2. The predicted molar refractivity (Wildman–Crippen MR) is 64.2 cm³/mol. The van der Waals surface area contributed by atoms with Gasteiger partial charge in [-0.25, -0.2) is 0 Å². The lowest BCUT2D eigenvalue weighted by Gasteiger charge is -2.25. The second-order valence-electron chi connectivity index (χ2n) is 4.24. The molecule has 1 fully saturated rings. The van der Waals surface area contributed by atoms with E-state index >= 15 is 0 Å². The number of thiocarbonyl (C=S) groups is 1. The Kier molecular flexibility index (Phi) is 4.32. The van der Waals surface area contributed by atoms with Crippen molar-refractivity contribution < 1.29 is 0 Å². The van der Waals surface area contributed by atoms with Crippen molar-refractivity contribution >= 4 is 23.0 Å². The molecule has 0 radical (unpaired) electrons. The van der Waals surface area contributed by atoms with Gasteiger partial charge in [0.05, 0.1) is 0 Å². The molecule has 1 saturated carbocycles. The Hall–Kier alpha value is -0.640. The number of nitrogens with one attached hydrogen (secondary N) is 1. The number of hydrogen-bond donors (Lipinski definition) is 2. The van der Waals surface area contributed by atoms with Crippen LogP contribution in [0.15, 0.2) is 5.10 Å². The molecule has 0 unspecified atom stereocenters. The number of hydrazone groups is 1. The van der Waals surface area contributed by atoms with E-state index in [1.165, 1.54) is 18.6 Å². The highest BCUT2D eigenvalue weighted by Crippen LogP contribution is 2.28. The smallest absolute Gasteiger partial charge is 0.184 e. The molecule has 3 N–H and O–H groups in total. The molecule has 0 aromatic heterocycles. The monoisotopic (exact) mass is 213 g/mol. The van der Waals surface area contributed by atoms with E-state index in [9.17, 15) is 0 Å². The first kappa shape index (κ1) is 11.4. The maximum absolute atomic E-state index is 5.30. The number of hydrogen-bond acceptors (Lipinski definition) is 2. The van der Waals surface area contributed by atoms with Gasteiger partial charge in [0.15, 0.2) is 5.11 Å². The summed E-state index contributed by atoms with van der Waals surface area (Å²) in [6, 6.07) is 0. The highest BCUT2D eigenvalue weighted by molar-refractivity contribution is 7.80. The van der Waals surface area contributed by atoms with Crippen molar-refractivity contribution in [2.24, 2.45) is 22.7 Å². The van der Waals surface area contributed by atoms with Gasteiger partial charge in [-0.2, -0.15) is 5.10 Å². The standard InChI is InChI=1S/C10H19N3S/c1-7(2)8-3-5-9(6-4-8)12-13-10(11)14/h7-8H,3-6H2,1-2H3,(H3,11,13,14). The number of rotatable bonds is 2. The van der Waals surface area contributed by atoms with E-state index in [1.54, 1.807) is 0 Å². The Labute approximate surface area is 91.1 Å². The third kappa shape index (κ3) is 3.62. The summed E-state index contributed by atoms with van der Waals surface area (Å²) in [5.41, 5.74) is 9.16. The summed E-state index contributed by atoms with van der Waals surface area (Å²) in [5.74, 6) is 1.65. The van der Waals surface area contributed by atoms with Gasteiger partial charge in [-0.15, -0.1) is 0 Å². The van der Waals surface area contributed by atoms with E-state index < -0.39 is 0 Å². The quantitative estimate of drug-likeness (QED) is 0.545. The molecule has 0 aromatic rings. The van der Waals surface area contributed by atoms with E-state index in [0.717, 1.165) is 24.7 Å². The van der Waals surface area contributed by atoms with Crippen molar-refractivity contribution in [3.63, 3.8) is 0 Å². The second kappa shape index (κ2) is 5.29. The molecule has 0 heterocycles. The molecule has 0 spiro atoms. The summed E-state index contributed by atoms with van der Waals surface area (Å²) in [5, 5.41) is 4.43. The molecule has 1 rings (SSSR count). The molecule has 4 heteroatoms. The minimum absolute atomic E-state index is 0.253. The molecule has 0 aliphatic heterocycles. The first-order valence-electron chi connectivity index (χ1n) is 5.20. The third-order valence-corrected chi connectivity index (χ3v) is 2.97. The Bertz CT molecular complexity index is 226. The summed E-state index contributed by atoms with van der Waals surface area (Å²) in [7, 11) is 0. The van der Waals surface area contributed by atoms with Gasteiger partial charge in [0.2, 0.25) is 0 Å². The van der Waals surface area contributed by atoms with Gasteiger partial charge in [0.25, 0.3) is 0 Å². The maximum Gasteiger partial charge on any atom is 0.184 e. The van der Waals surface area contributed by atoms with Crippen molar-refractivity contribution in [2.45, 2.75) is 39.5 Å². The highest BCUT2D eigenvalue weighted by atomic mass is 32.1. The number of nitrogens with zero attached hydrogens (tertiary/aromatic N) is 1. The molecule has 1 aliphatic carbocycles. The fourth-order valence-corrected chi connectivity index (χ4v) is 1.93. The number of nitrogens with two attached hydrogens (primary N) is 1.